The Morgan fingerprint density at radius 2 is 1.19 bits per heavy atom. The summed E-state index contributed by atoms with van der Waals surface area (Å²) in [6.07, 6.45) is -4.36. The number of anilines is 2. The van der Waals surface area contributed by atoms with Crippen LogP contribution in [-0.4, -0.2) is 32.3 Å². The van der Waals surface area contributed by atoms with E-state index in [1.165, 1.54) is 0 Å². The molecule has 0 aliphatic carbocycles. The summed E-state index contributed by atoms with van der Waals surface area (Å²) in [5.41, 5.74) is 5.25. The van der Waals surface area contributed by atoms with Crippen LogP contribution in [0.3, 0.4) is 0 Å². The quantitative estimate of drug-likeness (QED) is 0.0725. The molecule has 0 radical (unpaired) electrons. The van der Waals surface area contributed by atoms with Gasteiger partial charge in [-0.3, -0.25) is 20.2 Å². The molecule has 0 unspecified atom stereocenters. The van der Waals surface area contributed by atoms with E-state index >= 15 is 0 Å². The fourth-order valence-electron chi connectivity index (χ4n) is 5.66. The molecule has 6 N–H and O–H groups in total. The Morgan fingerprint density at radius 1 is 0.654 bits per heavy atom. The van der Waals surface area contributed by atoms with Crippen LogP contribution < -0.4 is 21.3 Å². The van der Waals surface area contributed by atoms with Gasteiger partial charge in [-0.1, -0.05) is 59.2 Å². The van der Waals surface area contributed by atoms with Crippen molar-refractivity contribution < 1.29 is 33.0 Å². The van der Waals surface area contributed by atoms with Crippen molar-refractivity contribution in [2.45, 2.75) is 33.4 Å². The van der Waals surface area contributed by atoms with Crippen LogP contribution in [0.5, 0.6) is 11.5 Å². The fourth-order valence-corrected chi connectivity index (χ4v) is 6.06. The SMILES string of the molecule is Cc1cc(C)cc(C(=O)NC(=S)Nc2cc(-c3ccccc3)c(Cc3cc(C)cc(C(=O)NC(=S)Nc4cc(C(F)(F)F)ccc4O)c3)cc2O)c1. The van der Waals surface area contributed by atoms with E-state index in [0.29, 0.717) is 22.8 Å². The molecule has 0 spiro atoms. The molecule has 5 rings (SSSR count). The molecule has 0 atom stereocenters. The normalized spacial score (nSPS) is 11.0. The molecule has 0 saturated heterocycles. The van der Waals surface area contributed by atoms with Gasteiger partial charge in [0, 0.05) is 11.1 Å². The lowest BCUT2D eigenvalue weighted by Crippen LogP contribution is -2.34. The van der Waals surface area contributed by atoms with Crippen molar-refractivity contribution in [1.29, 1.82) is 0 Å². The minimum absolute atomic E-state index is 0.00349. The zero-order valence-electron chi connectivity index (χ0n) is 28.1. The van der Waals surface area contributed by atoms with Crippen LogP contribution in [0.25, 0.3) is 11.1 Å². The number of benzene rings is 5. The largest absolute Gasteiger partial charge is 0.506 e. The van der Waals surface area contributed by atoms with Crippen LogP contribution in [0.4, 0.5) is 24.5 Å². The molecule has 266 valence electrons. The maximum absolute atomic E-state index is 13.2. The van der Waals surface area contributed by atoms with Crippen molar-refractivity contribution in [3.8, 4) is 22.6 Å². The number of aryl methyl sites for hydroxylation is 3. The van der Waals surface area contributed by atoms with Gasteiger partial charge in [-0.05, 0) is 128 Å². The summed E-state index contributed by atoms with van der Waals surface area (Å²) in [6, 6.07) is 25.7. The number of carbonyl (C=O) groups is 2. The summed E-state index contributed by atoms with van der Waals surface area (Å²) < 4.78 is 39.5. The predicted octanol–water partition coefficient (Wildman–Crippen LogP) is 8.55. The second-order valence-corrected chi connectivity index (χ2v) is 13.0. The average Bonchev–Trinajstić information content (AvgIpc) is 3.06. The van der Waals surface area contributed by atoms with Crippen molar-refractivity contribution in [2.24, 2.45) is 0 Å². The first-order valence-corrected chi connectivity index (χ1v) is 16.6. The van der Waals surface area contributed by atoms with E-state index in [9.17, 15) is 33.0 Å². The van der Waals surface area contributed by atoms with E-state index in [1.54, 1.807) is 43.3 Å². The Balaban J connectivity index is 1.36. The number of aromatic hydroxyl groups is 2. The van der Waals surface area contributed by atoms with Crippen molar-refractivity contribution in [1.82, 2.24) is 10.6 Å². The zero-order valence-corrected chi connectivity index (χ0v) is 29.7. The number of phenolic OH excluding ortho intramolecular Hbond substituents is 2. The van der Waals surface area contributed by atoms with E-state index in [1.807, 2.05) is 56.3 Å². The minimum Gasteiger partial charge on any atom is -0.506 e. The monoisotopic (exact) mass is 742 g/mol. The van der Waals surface area contributed by atoms with Crippen molar-refractivity contribution in [3.05, 3.63) is 142 Å². The molecule has 2 amide bonds. The first-order valence-electron chi connectivity index (χ1n) is 15.8. The first-order chi connectivity index (χ1) is 24.5. The molecule has 0 heterocycles. The highest BCUT2D eigenvalue weighted by Gasteiger charge is 2.31. The van der Waals surface area contributed by atoms with Crippen molar-refractivity contribution >= 4 is 57.8 Å². The lowest BCUT2D eigenvalue weighted by Gasteiger charge is -2.17. The minimum atomic E-state index is -4.65. The highest BCUT2D eigenvalue weighted by Crippen LogP contribution is 2.36. The molecular weight excluding hydrogens is 710 g/mol. The third-order valence-corrected chi connectivity index (χ3v) is 8.27. The number of rotatable bonds is 7. The summed E-state index contributed by atoms with van der Waals surface area (Å²) >= 11 is 10.6. The standard InChI is InChI=1S/C39H33F3N4O4S2/c1-21-11-22(2)14-27(13-21)35(49)45-38(52)44-32-20-30(25-7-5-4-6-8-25)26(18-34(32)48)16-24-12-23(3)15-28(17-24)36(50)46-37(51)43-31-19-29(39(40,41)42)9-10-33(31)47/h4-15,17-20,47-48H,16H2,1-3H3,(H2,43,46,50,51)(H2,44,45,49,52). The third kappa shape index (κ3) is 9.50. The molecule has 8 nitrogen and oxygen atoms in total. The Kier molecular flexibility index (Phi) is 11.3. The zero-order chi connectivity index (χ0) is 37.7. The number of thiocarbonyl (C=S) groups is 2. The molecule has 13 heteroatoms. The lowest BCUT2D eigenvalue weighted by atomic mass is 9.92. The first kappa shape index (κ1) is 37.5. The molecule has 0 aliphatic rings. The molecule has 0 aromatic heterocycles. The average molecular weight is 743 g/mol. The number of amides is 2. The van der Waals surface area contributed by atoms with Gasteiger partial charge in [-0.25, -0.2) is 0 Å². The van der Waals surface area contributed by atoms with Crippen LogP contribution in [0.15, 0.2) is 97.1 Å². The highest BCUT2D eigenvalue weighted by atomic mass is 32.1. The Labute approximate surface area is 308 Å². The van der Waals surface area contributed by atoms with E-state index in [2.05, 4.69) is 21.3 Å². The summed E-state index contributed by atoms with van der Waals surface area (Å²) in [4.78, 5) is 26.1. The third-order valence-electron chi connectivity index (χ3n) is 7.86. The number of phenols is 2. The van der Waals surface area contributed by atoms with E-state index in [-0.39, 0.29) is 39.3 Å². The van der Waals surface area contributed by atoms with Crippen LogP contribution in [0, 0.1) is 20.8 Å². The summed E-state index contributed by atoms with van der Waals surface area (Å²) in [5.74, 6) is -1.63. The van der Waals surface area contributed by atoms with Gasteiger partial charge in [0.15, 0.2) is 10.2 Å². The van der Waals surface area contributed by atoms with Crippen LogP contribution >= 0.6 is 24.4 Å². The van der Waals surface area contributed by atoms with Gasteiger partial charge in [-0.2, -0.15) is 13.2 Å². The number of alkyl halides is 3. The van der Waals surface area contributed by atoms with E-state index in [4.69, 9.17) is 24.4 Å². The summed E-state index contributed by atoms with van der Waals surface area (Å²) in [5, 5.41) is 31.3. The van der Waals surface area contributed by atoms with Crippen molar-refractivity contribution in [2.75, 3.05) is 10.6 Å². The van der Waals surface area contributed by atoms with Crippen molar-refractivity contribution in [3.63, 3.8) is 0 Å². The molecule has 0 saturated carbocycles. The van der Waals surface area contributed by atoms with Gasteiger partial charge >= 0.3 is 6.18 Å². The van der Waals surface area contributed by atoms with Gasteiger partial charge in [0.2, 0.25) is 0 Å². The van der Waals surface area contributed by atoms with Gasteiger partial charge < -0.3 is 20.8 Å². The van der Waals surface area contributed by atoms with Gasteiger partial charge in [0.05, 0.1) is 16.9 Å². The number of hydrogen-bond acceptors (Lipinski definition) is 6. The molecule has 5 aromatic rings. The van der Waals surface area contributed by atoms with Crippen LogP contribution in [0.2, 0.25) is 0 Å². The molecule has 0 aliphatic heterocycles. The molecule has 5 aromatic carbocycles. The maximum atomic E-state index is 13.2. The molecule has 0 fully saturated rings. The van der Waals surface area contributed by atoms with Crippen LogP contribution in [0.1, 0.15) is 54.1 Å². The second-order valence-electron chi connectivity index (χ2n) is 12.2. The molecule has 52 heavy (non-hydrogen) atoms. The predicted molar refractivity (Wildman–Crippen MR) is 204 cm³/mol. The summed E-state index contributed by atoms with van der Waals surface area (Å²) in [6.45, 7) is 5.59. The van der Waals surface area contributed by atoms with Gasteiger partial charge in [0.1, 0.15) is 11.5 Å². The summed E-state index contributed by atoms with van der Waals surface area (Å²) in [7, 11) is 0. The highest BCUT2D eigenvalue weighted by molar-refractivity contribution is 7.80. The number of halogens is 3. The second kappa shape index (κ2) is 15.6. The molecular formula is C39H33F3N4O4S2. The van der Waals surface area contributed by atoms with Crippen LogP contribution in [-0.2, 0) is 12.6 Å². The Bertz CT molecular complexity index is 2190. The Hall–Kier alpha value is -5.79. The smallest absolute Gasteiger partial charge is 0.416 e. The fraction of sp³-hybridized carbons (Fsp3) is 0.128. The topological polar surface area (TPSA) is 123 Å². The Morgan fingerprint density at radius 3 is 1.77 bits per heavy atom. The van der Waals surface area contributed by atoms with E-state index < -0.39 is 29.3 Å². The van der Waals surface area contributed by atoms with E-state index in [0.717, 1.165) is 39.9 Å². The number of hydrogen-bond donors (Lipinski definition) is 6. The van der Waals surface area contributed by atoms with Gasteiger partial charge in [-0.15, -0.1) is 0 Å². The molecule has 0 bridgehead atoms. The number of carbonyl (C=O) groups excluding carboxylic acids is 2. The maximum Gasteiger partial charge on any atom is 0.416 e. The number of nitrogens with one attached hydrogen (secondary N) is 4. The van der Waals surface area contributed by atoms with Gasteiger partial charge in [0.25, 0.3) is 11.8 Å². The lowest BCUT2D eigenvalue weighted by molar-refractivity contribution is -0.137.